The molecule has 0 bridgehead atoms. The highest BCUT2D eigenvalue weighted by atomic mass is 35.5. The Bertz CT molecular complexity index is 471. The van der Waals surface area contributed by atoms with Crippen LogP contribution in [-0.4, -0.2) is 36.6 Å². The normalized spacial score (nSPS) is 20.9. The first-order chi connectivity index (χ1) is 10.3. The molecule has 2 N–H and O–H groups in total. The van der Waals surface area contributed by atoms with E-state index in [9.17, 15) is 4.79 Å². The first-order valence-corrected chi connectivity index (χ1v) is 8.08. The van der Waals surface area contributed by atoms with Gasteiger partial charge >= 0.3 is 0 Å². The van der Waals surface area contributed by atoms with Crippen LogP contribution < -0.4 is 15.5 Å². The second kappa shape index (κ2) is 9.96. The van der Waals surface area contributed by atoms with E-state index in [2.05, 4.69) is 20.5 Å². The van der Waals surface area contributed by atoms with E-state index >= 15 is 0 Å². The average molecular weight is 361 g/mol. The van der Waals surface area contributed by atoms with Crippen molar-refractivity contribution < 1.29 is 4.79 Å². The van der Waals surface area contributed by atoms with E-state index in [-0.39, 0.29) is 36.8 Å². The summed E-state index contributed by atoms with van der Waals surface area (Å²) in [5.74, 6) is 1.07. The van der Waals surface area contributed by atoms with E-state index in [1.54, 1.807) is 6.20 Å². The van der Waals surface area contributed by atoms with Crippen LogP contribution in [0, 0.1) is 0 Å². The maximum atomic E-state index is 12.1. The van der Waals surface area contributed by atoms with E-state index in [1.165, 1.54) is 19.3 Å². The van der Waals surface area contributed by atoms with Crippen LogP contribution in [-0.2, 0) is 4.79 Å². The van der Waals surface area contributed by atoms with Crippen molar-refractivity contribution in [1.29, 1.82) is 0 Å². The lowest BCUT2D eigenvalue weighted by Gasteiger charge is -2.27. The summed E-state index contributed by atoms with van der Waals surface area (Å²) in [6.07, 6.45) is 8.78. The molecule has 1 aromatic heterocycles. The third kappa shape index (κ3) is 5.52. The molecule has 0 radical (unpaired) electrons. The molecule has 7 heteroatoms. The monoisotopic (exact) mass is 360 g/mol. The number of nitrogens with zero attached hydrogens (tertiary/aromatic N) is 2. The number of hydrogen-bond acceptors (Lipinski definition) is 4. The lowest BCUT2D eigenvalue weighted by Crippen LogP contribution is -2.43. The van der Waals surface area contributed by atoms with E-state index in [0.29, 0.717) is 0 Å². The summed E-state index contributed by atoms with van der Waals surface area (Å²) in [6, 6.07) is 3.91. The highest BCUT2D eigenvalue weighted by molar-refractivity contribution is 5.94. The summed E-state index contributed by atoms with van der Waals surface area (Å²) in [5, 5.41) is 6.22. The van der Waals surface area contributed by atoms with Crippen molar-refractivity contribution in [2.45, 2.75) is 44.6 Å². The SMILES string of the molecule is Cl.Cl.O=C(Nc1ccc(N2CCCCC2)nc1)[C@H]1CCCCN1. The third-order valence-electron chi connectivity index (χ3n) is 4.32. The van der Waals surface area contributed by atoms with Gasteiger partial charge in [0, 0.05) is 13.1 Å². The largest absolute Gasteiger partial charge is 0.357 e. The van der Waals surface area contributed by atoms with Crippen LogP contribution in [0.3, 0.4) is 0 Å². The average Bonchev–Trinajstić information content (AvgIpc) is 2.57. The smallest absolute Gasteiger partial charge is 0.241 e. The molecule has 2 fully saturated rings. The summed E-state index contributed by atoms with van der Waals surface area (Å²) < 4.78 is 0. The van der Waals surface area contributed by atoms with Gasteiger partial charge in [-0.15, -0.1) is 24.8 Å². The van der Waals surface area contributed by atoms with Crippen LogP contribution in [0.25, 0.3) is 0 Å². The van der Waals surface area contributed by atoms with Gasteiger partial charge in [-0.25, -0.2) is 4.98 Å². The van der Waals surface area contributed by atoms with Crippen molar-refractivity contribution in [3.05, 3.63) is 18.3 Å². The molecule has 2 saturated heterocycles. The zero-order valence-electron chi connectivity index (χ0n) is 13.3. The second-order valence-electron chi connectivity index (χ2n) is 5.94. The van der Waals surface area contributed by atoms with Crippen LogP contribution >= 0.6 is 24.8 Å². The number of halogens is 2. The maximum absolute atomic E-state index is 12.1. The number of rotatable bonds is 3. The number of nitrogens with one attached hydrogen (secondary N) is 2. The van der Waals surface area contributed by atoms with Crippen molar-refractivity contribution >= 4 is 42.2 Å². The Balaban J connectivity index is 0.00000132. The minimum atomic E-state index is -0.0551. The van der Waals surface area contributed by atoms with Gasteiger partial charge < -0.3 is 15.5 Å². The predicted octanol–water partition coefficient (Wildman–Crippen LogP) is 3.00. The van der Waals surface area contributed by atoms with Crippen LogP contribution in [0.5, 0.6) is 0 Å². The van der Waals surface area contributed by atoms with Crippen molar-refractivity contribution in [1.82, 2.24) is 10.3 Å². The fourth-order valence-corrected chi connectivity index (χ4v) is 3.08. The summed E-state index contributed by atoms with van der Waals surface area (Å²) in [4.78, 5) is 19.0. The summed E-state index contributed by atoms with van der Waals surface area (Å²) in [5.41, 5.74) is 0.785. The Hall–Kier alpha value is -1.04. The molecule has 0 spiro atoms. The van der Waals surface area contributed by atoms with Crippen molar-refractivity contribution in [2.75, 3.05) is 29.9 Å². The first-order valence-electron chi connectivity index (χ1n) is 8.08. The summed E-state index contributed by atoms with van der Waals surface area (Å²) in [6.45, 7) is 3.11. The highest BCUT2D eigenvalue weighted by Gasteiger charge is 2.20. The number of carbonyl (C=O) groups is 1. The molecule has 1 amide bonds. The highest BCUT2D eigenvalue weighted by Crippen LogP contribution is 2.19. The number of hydrogen-bond donors (Lipinski definition) is 2. The zero-order valence-corrected chi connectivity index (χ0v) is 14.9. The lowest BCUT2D eigenvalue weighted by molar-refractivity contribution is -0.118. The van der Waals surface area contributed by atoms with Crippen molar-refractivity contribution in [3.8, 4) is 0 Å². The van der Waals surface area contributed by atoms with Crippen LogP contribution in [0.15, 0.2) is 18.3 Å². The summed E-state index contributed by atoms with van der Waals surface area (Å²) >= 11 is 0. The molecule has 23 heavy (non-hydrogen) atoms. The van der Waals surface area contributed by atoms with E-state index < -0.39 is 0 Å². The Morgan fingerprint density at radius 1 is 1.13 bits per heavy atom. The van der Waals surface area contributed by atoms with Crippen LogP contribution in [0.1, 0.15) is 38.5 Å². The molecule has 1 atom stereocenters. The fraction of sp³-hybridized carbons (Fsp3) is 0.625. The van der Waals surface area contributed by atoms with Crippen molar-refractivity contribution in [2.24, 2.45) is 0 Å². The molecule has 0 unspecified atom stereocenters. The van der Waals surface area contributed by atoms with Gasteiger partial charge in [-0.3, -0.25) is 4.79 Å². The third-order valence-corrected chi connectivity index (χ3v) is 4.32. The van der Waals surface area contributed by atoms with Gasteiger partial charge in [-0.05, 0) is 50.8 Å². The van der Waals surface area contributed by atoms with Gasteiger partial charge in [0.2, 0.25) is 5.91 Å². The number of aromatic nitrogens is 1. The Kier molecular flexibility index (Phi) is 8.66. The maximum Gasteiger partial charge on any atom is 0.241 e. The predicted molar refractivity (Wildman–Crippen MR) is 99.1 cm³/mol. The number of carbonyl (C=O) groups excluding carboxylic acids is 1. The standard InChI is InChI=1S/C16H24N4O.2ClH/c21-16(14-6-2-3-9-17-14)19-13-7-8-15(18-12-13)20-10-4-1-5-11-20;;/h7-8,12,14,17H,1-6,9-11H2,(H,19,21);2*1H/t14-;;/m1../s1. The Morgan fingerprint density at radius 2 is 1.91 bits per heavy atom. The molecule has 1 aromatic rings. The van der Waals surface area contributed by atoms with E-state index in [4.69, 9.17) is 0 Å². The van der Waals surface area contributed by atoms with Gasteiger partial charge in [0.05, 0.1) is 17.9 Å². The molecular weight excluding hydrogens is 335 g/mol. The molecule has 0 aromatic carbocycles. The minimum Gasteiger partial charge on any atom is -0.357 e. The van der Waals surface area contributed by atoms with Gasteiger partial charge in [-0.2, -0.15) is 0 Å². The van der Waals surface area contributed by atoms with E-state index in [1.807, 2.05) is 12.1 Å². The summed E-state index contributed by atoms with van der Waals surface area (Å²) in [7, 11) is 0. The number of piperidine rings is 2. The van der Waals surface area contributed by atoms with Gasteiger partial charge in [0.15, 0.2) is 0 Å². The van der Waals surface area contributed by atoms with Gasteiger partial charge in [0.1, 0.15) is 5.82 Å². The molecule has 0 saturated carbocycles. The van der Waals surface area contributed by atoms with Crippen LogP contribution in [0.4, 0.5) is 11.5 Å². The fourth-order valence-electron chi connectivity index (χ4n) is 3.08. The molecule has 3 heterocycles. The Labute approximate surface area is 150 Å². The van der Waals surface area contributed by atoms with Crippen LogP contribution in [0.2, 0.25) is 0 Å². The molecule has 5 nitrogen and oxygen atoms in total. The number of anilines is 2. The number of amides is 1. The molecule has 2 aliphatic rings. The molecule has 130 valence electrons. The van der Waals surface area contributed by atoms with Gasteiger partial charge in [-0.1, -0.05) is 6.42 Å². The quantitative estimate of drug-likeness (QED) is 0.869. The van der Waals surface area contributed by atoms with Crippen molar-refractivity contribution in [3.63, 3.8) is 0 Å². The molecule has 0 aliphatic carbocycles. The molecule has 2 aliphatic heterocycles. The molecule has 3 rings (SSSR count). The Morgan fingerprint density at radius 3 is 2.52 bits per heavy atom. The number of pyridine rings is 1. The molecular formula is C16H26Cl2N4O. The second-order valence-corrected chi connectivity index (χ2v) is 5.94. The lowest BCUT2D eigenvalue weighted by atomic mass is 10.0. The van der Waals surface area contributed by atoms with E-state index in [0.717, 1.165) is 50.4 Å². The topological polar surface area (TPSA) is 57.3 Å². The zero-order chi connectivity index (χ0) is 14.5. The first kappa shape index (κ1) is 20.0. The minimum absolute atomic E-state index is 0. The van der Waals surface area contributed by atoms with Gasteiger partial charge in [0.25, 0.3) is 0 Å².